The highest BCUT2D eigenvalue weighted by atomic mass is 16.5. The van der Waals surface area contributed by atoms with Crippen molar-refractivity contribution in [2.45, 2.75) is 45.1 Å². The molecule has 3 aromatic heterocycles. The van der Waals surface area contributed by atoms with E-state index in [-0.39, 0.29) is 11.9 Å². The first-order valence-electron chi connectivity index (χ1n) is 10.3. The second-order valence-electron chi connectivity index (χ2n) is 8.30. The predicted octanol–water partition coefficient (Wildman–Crippen LogP) is 4.65. The second kappa shape index (κ2) is 5.92. The van der Waals surface area contributed by atoms with Crippen molar-refractivity contribution >= 4 is 27.9 Å². The van der Waals surface area contributed by atoms with Gasteiger partial charge in [0.05, 0.1) is 22.7 Å². The molecule has 0 radical (unpaired) electrons. The lowest BCUT2D eigenvalue weighted by Crippen LogP contribution is -2.39. The minimum Gasteiger partial charge on any atom is -0.356 e. The fourth-order valence-corrected chi connectivity index (χ4v) is 4.73. The van der Waals surface area contributed by atoms with Crippen molar-refractivity contribution in [2.75, 3.05) is 6.54 Å². The van der Waals surface area contributed by atoms with Gasteiger partial charge in [-0.25, -0.2) is 4.98 Å². The highest BCUT2D eigenvalue weighted by Crippen LogP contribution is 2.41. The smallest absolute Gasteiger partial charge is 0.259 e. The molecule has 4 aromatic rings. The predicted molar refractivity (Wildman–Crippen MR) is 110 cm³/mol. The molecule has 1 amide bonds. The van der Waals surface area contributed by atoms with Crippen molar-refractivity contribution in [3.05, 3.63) is 58.5 Å². The highest BCUT2D eigenvalue weighted by molar-refractivity contribution is 6.06. The summed E-state index contributed by atoms with van der Waals surface area (Å²) in [6.45, 7) is 4.67. The molecule has 0 unspecified atom stereocenters. The van der Waals surface area contributed by atoms with E-state index >= 15 is 0 Å². The van der Waals surface area contributed by atoms with Gasteiger partial charge < -0.3 is 14.4 Å². The molecule has 0 spiro atoms. The summed E-state index contributed by atoms with van der Waals surface area (Å²) in [6, 6.07) is 10.3. The number of aromatic nitrogens is 3. The summed E-state index contributed by atoms with van der Waals surface area (Å²) in [5.41, 5.74) is 6.42. The molecule has 2 aliphatic rings. The van der Waals surface area contributed by atoms with Crippen molar-refractivity contribution < 1.29 is 9.32 Å². The fraction of sp³-hybridized carbons (Fsp3) is 0.348. The molecule has 6 rings (SSSR count). The molecule has 0 saturated heterocycles. The van der Waals surface area contributed by atoms with Crippen LogP contribution in [0.4, 0.5) is 0 Å². The average molecular weight is 386 g/mol. The summed E-state index contributed by atoms with van der Waals surface area (Å²) < 4.78 is 5.43. The minimum atomic E-state index is -0.0218. The van der Waals surface area contributed by atoms with Gasteiger partial charge in [0.2, 0.25) is 0 Å². The van der Waals surface area contributed by atoms with E-state index in [1.54, 1.807) is 0 Å². The molecule has 4 heterocycles. The van der Waals surface area contributed by atoms with Gasteiger partial charge in [-0.15, -0.1) is 0 Å². The van der Waals surface area contributed by atoms with Gasteiger partial charge in [0.1, 0.15) is 0 Å². The number of hydrogen-bond donors (Lipinski definition) is 1. The molecule has 146 valence electrons. The number of aryl methyl sites for hydroxylation is 1. The number of aromatic amines is 1. The van der Waals surface area contributed by atoms with Crippen LogP contribution in [0.5, 0.6) is 0 Å². The molecule has 1 fully saturated rings. The first-order chi connectivity index (χ1) is 14.1. The third kappa shape index (κ3) is 2.44. The molecule has 6 nitrogen and oxygen atoms in total. The van der Waals surface area contributed by atoms with E-state index in [1.165, 1.54) is 10.9 Å². The van der Waals surface area contributed by atoms with Gasteiger partial charge in [0.25, 0.3) is 11.6 Å². The van der Waals surface area contributed by atoms with Gasteiger partial charge in [0, 0.05) is 34.8 Å². The number of carbonyl (C=O) groups is 1. The summed E-state index contributed by atoms with van der Waals surface area (Å²) in [6.07, 6.45) is 3.09. The van der Waals surface area contributed by atoms with Gasteiger partial charge in [-0.2, -0.15) is 0 Å². The number of rotatable bonds is 2. The number of carbonyl (C=O) groups excluding carboxylic acids is 1. The van der Waals surface area contributed by atoms with Crippen molar-refractivity contribution in [3.63, 3.8) is 0 Å². The number of nitrogens with one attached hydrogen (secondary N) is 1. The molecule has 1 aromatic carbocycles. The molecule has 29 heavy (non-hydrogen) atoms. The lowest BCUT2D eigenvalue weighted by Gasteiger charge is -2.34. The van der Waals surface area contributed by atoms with Crippen molar-refractivity contribution in [2.24, 2.45) is 0 Å². The molecular formula is C23H22N4O2. The fourth-order valence-electron chi connectivity index (χ4n) is 4.73. The zero-order chi connectivity index (χ0) is 19.7. The van der Waals surface area contributed by atoms with Gasteiger partial charge in [-0.05, 0) is 50.8 Å². The lowest BCUT2D eigenvalue weighted by atomic mass is 9.96. The van der Waals surface area contributed by atoms with E-state index in [2.05, 4.69) is 40.2 Å². The third-order valence-electron chi connectivity index (χ3n) is 6.46. The molecule has 1 aliphatic carbocycles. The van der Waals surface area contributed by atoms with Gasteiger partial charge in [0.15, 0.2) is 0 Å². The van der Waals surface area contributed by atoms with E-state index in [9.17, 15) is 4.79 Å². The zero-order valence-corrected chi connectivity index (χ0v) is 16.5. The Morgan fingerprint density at radius 1 is 1.28 bits per heavy atom. The number of para-hydroxylation sites is 1. The maximum atomic E-state index is 13.7. The Balaban J connectivity index is 1.44. The van der Waals surface area contributed by atoms with Crippen molar-refractivity contribution in [1.82, 2.24) is 20.0 Å². The number of benzene rings is 1. The summed E-state index contributed by atoms with van der Waals surface area (Å²) in [4.78, 5) is 23.8. The minimum absolute atomic E-state index is 0.0218. The first-order valence-corrected chi connectivity index (χ1v) is 10.3. The van der Waals surface area contributed by atoms with E-state index in [1.807, 2.05) is 24.0 Å². The van der Waals surface area contributed by atoms with Crippen LogP contribution in [-0.2, 0) is 6.42 Å². The van der Waals surface area contributed by atoms with E-state index in [0.717, 1.165) is 41.6 Å². The van der Waals surface area contributed by atoms with Crippen LogP contribution >= 0.6 is 0 Å². The Morgan fingerprint density at radius 3 is 2.93 bits per heavy atom. The summed E-state index contributed by atoms with van der Waals surface area (Å²) in [7, 11) is 0. The number of amides is 1. The van der Waals surface area contributed by atoms with Gasteiger partial charge >= 0.3 is 0 Å². The number of hydrogen-bond acceptors (Lipinski definition) is 4. The number of H-pyrrole nitrogens is 1. The zero-order valence-electron chi connectivity index (χ0n) is 16.5. The summed E-state index contributed by atoms with van der Waals surface area (Å²) >= 11 is 0. The van der Waals surface area contributed by atoms with E-state index in [4.69, 9.17) is 4.52 Å². The Morgan fingerprint density at radius 2 is 2.10 bits per heavy atom. The summed E-state index contributed by atoms with van der Waals surface area (Å²) in [5.74, 6) is 0.470. The standard InChI is InChI=1S/C23H22N4O2/c1-12-20-17(11-19(14-7-8-14)25-22(20)29-26-12)23(28)27-10-9-16-15-5-3-4-6-18(15)24-21(16)13(27)2/h3-6,11,13-14,24H,7-10H2,1-2H3/t13-/m1/s1. The van der Waals surface area contributed by atoms with E-state index < -0.39 is 0 Å². The van der Waals surface area contributed by atoms with Crippen LogP contribution in [0.3, 0.4) is 0 Å². The Bertz CT molecular complexity index is 1280. The second-order valence-corrected chi connectivity index (χ2v) is 8.30. The molecule has 1 aliphatic heterocycles. The molecule has 0 bridgehead atoms. The number of fused-ring (bicyclic) bond motifs is 4. The topological polar surface area (TPSA) is 75.0 Å². The van der Waals surface area contributed by atoms with Gasteiger partial charge in [-0.1, -0.05) is 23.4 Å². The Kier molecular flexibility index (Phi) is 3.43. The average Bonchev–Trinajstić information content (AvgIpc) is 3.42. The van der Waals surface area contributed by atoms with Crippen LogP contribution < -0.4 is 0 Å². The monoisotopic (exact) mass is 386 g/mol. The molecule has 6 heteroatoms. The third-order valence-corrected chi connectivity index (χ3v) is 6.46. The Hall–Kier alpha value is -3.15. The lowest BCUT2D eigenvalue weighted by molar-refractivity contribution is 0.0676. The van der Waals surface area contributed by atoms with Crippen LogP contribution in [0, 0.1) is 6.92 Å². The Labute approximate surface area is 167 Å². The largest absolute Gasteiger partial charge is 0.356 e. The van der Waals surface area contributed by atoms with Crippen LogP contribution in [0.25, 0.3) is 22.0 Å². The van der Waals surface area contributed by atoms with Crippen molar-refractivity contribution in [3.8, 4) is 0 Å². The number of pyridine rings is 1. The normalized spacial score (nSPS) is 19.1. The SMILES string of the molecule is Cc1noc2nc(C3CC3)cc(C(=O)N3CCc4c([nH]c5ccccc45)[C@H]3C)c12. The molecule has 1 saturated carbocycles. The molecular weight excluding hydrogens is 364 g/mol. The van der Waals surface area contributed by atoms with Crippen LogP contribution in [0.2, 0.25) is 0 Å². The van der Waals surface area contributed by atoms with Crippen LogP contribution in [0.15, 0.2) is 34.9 Å². The quantitative estimate of drug-likeness (QED) is 0.544. The van der Waals surface area contributed by atoms with Crippen molar-refractivity contribution in [1.29, 1.82) is 0 Å². The maximum absolute atomic E-state index is 13.7. The van der Waals surface area contributed by atoms with E-state index in [0.29, 0.717) is 29.4 Å². The molecule has 1 atom stereocenters. The first kappa shape index (κ1) is 16.8. The van der Waals surface area contributed by atoms with Gasteiger partial charge in [-0.3, -0.25) is 4.79 Å². The molecule has 1 N–H and O–H groups in total. The maximum Gasteiger partial charge on any atom is 0.259 e. The van der Waals surface area contributed by atoms with Crippen LogP contribution in [-0.4, -0.2) is 32.5 Å². The van der Waals surface area contributed by atoms with Crippen LogP contribution in [0.1, 0.15) is 64.7 Å². The summed E-state index contributed by atoms with van der Waals surface area (Å²) in [5, 5.41) is 6.08. The number of nitrogens with zero attached hydrogens (tertiary/aromatic N) is 3. The highest BCUT2D eigenvalue weighted by Gasteiger charge is 2.34.